The lowest BCUT2D eigenvalue weighted by molar-refractivity contribution is 0.0692. The first kappa shape index (κ1) is 23.0. The number of amides is 1. The van der Waals surface area contributed by atoms with Gasteiger partial charge < -0.3 is 24.8 Å². The molecule has 1 saturated heterocycles. The third kappa shape index (κ3) is 5.43. The Balaban J connectivity index is 1.45. The largest absolute Gasteiger partial charge is 0.490 e. The maximum absolute atomic E-state index is 12.7. The number of carbonyl (C=O) groups is 2. The first-order chi connectivity index (χ1) is 16.5. The number of piperidine rings is 1. The van der Waals surface area contributed by atoms with Crippen molar-refractivity contribution in [2.45, 2.75) is 25.9 Å². The molecule has 1 aliphatic rings. The number of aromatic nitrogens is 2. The van der Waals surface area contributed by atoms with Gasteiger partial charge in [-0.05, 0) is 44.0 Å². The van der Waals surface area contributed by atoms with Crippen LogP contribution in [0.2, 0.25) is 0 Å². The third-order valence-electron chi connectivity index (χ3n) is 5.41. The Bertz CT molecular complexity index is 1170. The summed E-state index contributed by atoms with van der Waals surface area (Å²) in [6, 6.07) is 13.6. The minimum Gasteiger partial charge on any atom is -0.490 e. The Morgan fingerprint density at radius 3 is 2.59 bits per heavy atom. The zero-order valence-corrected chi connectivity index (χ0v) is 18.8. The van der Waals surface area contributed by atoms with Gasteiger partial charge in [-0.3, -0.25) is 9.78 Å². The van der Waals surface area contributed by atoms with E-state index in [9.17, 15) is 14.7 Å². The molecule has 2 heterocycles. The van der Waals surface area contributed by atoms with Crippen LogP contribution in [-0.4, -0.2) is 52.8 Å². The van der Waals surface area contributed by atoms with Crippen LogP contribution in [0.3, 0.4) is 0 Å². The number of para-hydroxylation sites is 2. The number of ether oxygens (including phenoxy) is 2. The molecule has 9 nitrogen and oxygen atoms in total. The highest BCUT2D eigenvalue weighted by Crippen LogP contribution is 2.30. The van der Waals surface area contributed by atoms with Crippen LogP contribution in [0.25, 0.3) is 0 Å². The lowest BCUT2D eigenvalue weighted by Crippen LogP contribution is -2.41. The Kier molecular flexibility index (Phi) is 7.22. The molecule has 34 heavy (non-hydrogen) atoms. The Hall–Kier alpha value is -4.14. The second-order valence-electron chi connectivity index (χ2n) is 7.78. The van der Waals surface area contributed by atoms with Gasteiger partial charge in [0.05, 0.1) is 36.7 Å². The SMILES string of the molecule is CCOc1ccccc1O[C@@H]1CCCN(c2cncc(NC(=O)c3ccccc3C(=O)O)n2)C1. The van der Waals surface area contributed by atoms with Gasteiger partial charge >= 0.3 is 5.97 Å². The van der Waals surface area contributed by atoms with Crippen molar-refractivity contribution in [2.24, 2.45) is 0 Å². The molecule has 3 aromatic rings. The second kappa shape index (κ2) is 10.7. The maximum Gasteiger partial charge on any atom is 0.336 e. The quantitative estimate of drug-likeness (QED) is 0.519. The number of anilines is 2. The van der Waals surface area contributed by atoms with Crippen LogP contribution in [0.1, 0.15) is 40.5 Å². The summed E-state index contributed by atoms with van der Waals surface area (Å²) in [6.07, 6.45) is 4.81. The summed E-state index contributed by atoms with van der Waals surface area (Å²) in [4.78, 5) is 34.9. The number of nitrogens with one attached hydrogen (secondary N) is 1. The zero-order chi connectivity index (χ0) is 23.9. The fourth-order valence-electron chi connectivity index (χ4n) is 3.86. The van der Waals surface area contributed by atoms with Crippen molar-refractivity contribution in [2.75, 3.05) is 29.9 Å². The van der Waals surface area contributed by atoms with E-state index in [0.29, 0.717) is 30.5 Å². The molecule has 0 aliphatic carbocycles. The van der Waals surface area contributed by atoms with Gasteiger partial charge in [0.1, 0.15) is 11.9 Å². The predicted molar refractivity (Wildman–Crippen MR) is 127 cm³/mol. The van der Waals surface area contributed by atoms with Crippen molar-refractivity contribution < 1.29 is 24.2 Å². The highest BCUT2D eigenvalue weighted by Gasteiger charge is 2.24. The van der Waals surface area contributed by atoms with Gasteiger partial charge in [-0.1, -0.05) is 24.3 Å². The van der Waals surface area contributed by atoms with Crippen LogP contribution in [0, 0.1) is 0 Å². The summed E-state index contributed by atoms with van der Waals surface area (Å²) < 4.78 is 11.9. The second-order valence-corrected chi connectivity index (χ2v) is 7.78. The van der Waals surface area contributed by atoms with Crippen LogP contribution >= 0.6 is 0 Å². The number of hydrogen-bond donors (Lipinski definition) is 2. The summed E-state index contributed by atoms with van der Waals surface area (Å²) in [5.74, 6) is 0.546. The molecule has 2 aromatic carbocycles. The third-order valence-corrected chi connectivity index (χ3v) is 5.41. The van der Waals surface area contributed by atoms with E-state index in [0.717, 1.165) is 19.4 Å². The molecule has 0 radical (unpaired) electrons. The molecule has 4 rings (SSSR count). The fraction of sp³-hybridized carbons (Fsp3) is 0.280. The number of rotatable bonds is 8. The monoisotopic (exact) mass is 462 g/mol. The van der Waals surface area contributed by atoms with E-state index in [1.165, 1.54) is 18.3 Å². The molecule has 1 aromatic heterocycles. The number of carbonyl (C=O) groups excluding carboxylic acids is 1. The van der Waals surface area contributed by atoms with Gasteiger partial charge in [0, 0.05) is 6.54 Å². The van der Waals surface area contributed by atoms with Crippen molar-refractivity contribution in [1.29, 1.82) is 0 Å². The maximum atomic E-state index is 12.7. The molecule has 176 valence electrons. The molecule has 1 atom stereocenters. The first-order valence-electron chi connectivity index (χ1n) is 11.1. The Morgan fingerprint density at radius 1 is 1.09 bits per heavy atom. The highest BCUT2D eigenvalue weighted by atomic mass is 16.5. The summed E-state index contributed by atoms with van der Waals surface area (Å²) in [6.45, 7) is 3.88. The van der Waals surface area contributed by atoms with Crippen molar-refractivity contribution >= 4 is 23.5 Å². The molecule has 0 unspecified atom stereocenters. The number of nitrogens with zero attached hydrogens (tertiary/aromatic N) is 3. The smallest absolute Gasteiger partial charge is 0.336 e. The minimum atomic E-state index is -1.17. The van der Waals surface area contributed by atoms with E-state index in [-0.39, 0.29) is 23.0 Å². The van der Waals surface area contributed by atoms with Gasteiger partial charge in [0.25, 0.3) is 5.91 Å². The van der Waals surface area contributed by atoms with Crippen LogP contribution < -0.4 is 19.7 Å². The average molecular weight is 463 g/mol. The summed E-state index contributed by atoms with van der Waals surface area (Å²) in [5.41, 5.74) is -0.0194. The summed E-state index contributed by atoms with van der Waals surface area (Å²) >= 11 is 0. The van der Waals surface area contributed by atoms with Crippen molar-refractivity contribution in [3.8, 4) is 11.5 Å². The molecule has 1 aliphatic heterocycles. The topological polar surface area (TPSA) is 114 Å². The Morgan fingerprint density at radius 2 is 1.82 bits per heavy atom. The van der Waals surface area contributed by atoms with E-state index >= 15 is 0 Å². The normalized spacial score (nSPS) is 15.4. The molecule has 1 fully saturated rings. The van der Waals surface area contributed by atoms with Gasteiger partial charge in [-0.25, -0.2) is 9.78 Å². The average Bonchev–Trinajstić information content (AvgIpc) is 2.86. The molecule has 9 heteroatoms. The standard InChI is InChI=1S/C25H26N4O5/c1-2-33-20-11-5-6-12-21(20)34-17-8-7-13-29(16-17)23-15-26-14-22(27-23)28-24(30)18-9-3-4-10-19(18)25(31)32/h3-6,9-12,14-15,17H,2,7-8,13,16H2,1H3,(H,31,32)(H,27,28,30)/t17-/m1/s1. The van der Waals surface area contributed by atoms with Crippen LogP contribution in [-0.2, 0) is 0 Å². The van der Waals surface area contributed by atoms with Gasteiger partial charge in [-0.2, -0.15) is 0 Å². The van der Waals surface area contributed by atoms with E-state index in [4.69, 9.17) is 9.47 Å². The van der Waals surface area contributed by atoms with Crippen LogP contribution in [0.4, 0.5) is 11.6 Å². The highest BCUT2D eigenvalue weighted by molar-refractivity contribution is 6.10. The molecule has 1 amide bonds. The lowest BCUT2D eigenvalue weighted by atomic mass is 10.1. The van der Waals surface area contributed by atoms with Crippen LogP contribution in [0.15, 0.2) is 60.9 Å². The number of benzene rings is 2. The molecule has 0 bridgehead atoms. The molecular formula is C25H26N4O5. The van der Waals surface area contributed by atoms with Gasteiger partial charge in [-0.15, -0.1) is 0 Å². The summed E-state index contributed by atoms with van der Waals surface area (Å²) in [7, 11) is 0. The van der Waals surface area contributed by atoms with Crippen LogP contribution in [0.5, 0.6) is 11.5 Å². The number of hydrogen-bond acceptors (Lipinski definition) is 7. The minimum absolute atomic E-state index is 0.0570. The molecule has 2 N–H and O–H groups in total. The van der Waals surface area contributed by atoms with Crippen molar-refractivity contribution in [3.05, 3.63) is 72.1 Å². The fourth-order valence-corrected chi connectivity index (χ4v) is 3.86. The van der Waals surface area contributed by atoms with E-state index in [2.05, 4.69) is 20.2 Å². The number of carboxylic acid groups (broad SMARTS) is 1. The Labute approximate surface area is 197 Å². The first-order valence-corrected chi connectivity index (χ1v) is 11.1. The molecule has 0 saturated carbocycles. The molecular weight excluding hydrogens is 436 g/mol. The zero-order valence-electron chi connectivity index (χ0n) is 18.8. The van der Waals surface area contributed by atoms with E-state index < -0.39 is 11.9 Å². The van der Waals surface area contributed by atoms with Gasteiger partial charge in [0.15, 0.2) is 17.3 Å². The lowest BCUT2D eigenvalue weighted by Gasteiger charge is -2.33. The number of carboxylic acids is 1. The van der Waals surface area contributed by atoms with Gasteiger partial charge in [0.2, 0.25) is 0 Å². The van der Waals surface area contributed by atoms with Crippen molar-refractivity contribution in [3.63, 3.8) is 0 Å². The number of aromatic carboxylic acids is 1. The van der Waals surface area contributed by atoms with Crippen molar-refractivity contribution in [1.82, 2.24) is 9.97 Å². The molecule has 0 spiro atoms. The van der Waals surface area contributed by atoms with E-state index in [1.807, 2.05) is 31.2 Å². The predicted octanol–water partition coefficient (Wildman–Crippen LogP) is 3.87. The van der Waals surface area contributed by atoms with E-state index in [1.54, 1.807) is 18.3 Å². The summed E-state index contributed by atoms with van der Waals surface area (Å²) in [5, 5.41) is 12.0.